The minimum Gasteiger partial charge on any atom is -0.355 e. The Bertz CT molecular complexity index is 744. The molecule has 1 nitrogen and oxygen atoms in total. The number of nitrogens with one attached hydrogen (secondary N) is 1. The van der Waals surface area contributed by atoms with Gasteiger partial charge in [-0.1, -0.05) is 66.7 Å². The van der Waals surface area contributed by atoms with Crippen molar-refractivity contribution in [1.29, 1.82) is 0 Å². The van der Waals surface area contributed by atoms with Gasteiger partial charge in [0, 0.05) is 16.8 Å². The van der Waals surface area contributed by atoms with E-state index in [0.29, 0.717) is 0 Å². The quantitative estimate of drug-likeness (QED) is 0.649. The van der Waals surface area contributed by atoms with Crippen molar-refractivity contribution in [3.8, 4) is 0 Å². The van der Waals surface area contributed by atoms with Crippen LogP contribution in [0.4, 0.5) is 11.4 Å². The van der Waals surface area contributed by atoms with Gasteiger partial charge in [0.25, 0.3) is 0 Å². The molecule has 102 valence electrons. The van der Waals surface area contributed by atoms with Gasteiger partial charge < -0.3 is 5.32 Å². The van der Waals surface area contributed by atoms with Gasteiger partial charge in [-0.05, 0) is 35.7 Å². The molecule has 1 heteroatoms. The Hall–Kier alpha value is -2.54. The Kier molecular flexibility index (Phi) is 2.61. The van der Waals surface area contributed by atoms with Gasteiger partial charge in [-0.2, -0.15) is 0 Å². The molecule has 0 aliphatic carbocycles. The predicted octanol–water partition coefficient (Wildman–Crippen LogP) is 5.10. The molecular formula is C20H17N. The zero-order chi connectivity index (χ0) is 14.3. The van der Waals surface area contributed by atoms with E-state index in [1.54, 1.807) is 0 Å². The Morgan fingerprint density at radius 2 is 1.10 bits per heavy atom. The number of rotatable bonds is 1. The fraction of sp³-hybridized carbons (Fsp3) is 0.100. The summed E-state index contributed by atoms with van der Waals surface area (Å²) in [5.41, 5.74) is 6.25. The fourth-order valence-corrected chi connectivity index (χ4v) is 3.43. The lowest BCUT2D eigenvalue weighted by Crippen LogP contribution is -2.30. The van der Waals surface area contributed by atoms with Gasteiger partial charge in [-0.3, -0.25) is 0 Å². The summed E-state index contributed by atoms with van der Waals surface area (Å²) in [6, 6.07) is 27.9. The summed E-state index contributed by atoms with van der Waals surface area (Å²) in [7, 11) is 0. The van der Waals surface area contributed by atoms with E-state index < -0.39 is 0 Å². The summed E-state index contributed by atoms with van der Waals surface area (Å²) in [4.78, 5) is 0. The van der Waals surface area contributed by atoms with E-state index in [1.165, 1.54) is 28.1 Å². The van der Waals surface area contributed by atoms with Gasteiger partial charge in [-0.15, -0.1) is 0 Å². The van der Waals surface area contributed by atoms with Crippen LogP contribution in [0.25, 0.3) is 0 Å². The second-order valence-corrected chi connectivity index (χ2v) is 5.71. The Morgan fingerprint density at radius 3 is 1.67 bits per heavy atom. The van der Waals surface area contributed by atoms with Crippen LogP contribution in [0.3, 0.4) is 0 Å². The maximum atomic E-state index is 3.57. The molecule has 21 heavy (non-hydrogen) atoms. The summed E-state index contributed by atoms with van der Waals surface area (Å²) in [6.07, 6.45) is 0. The Balaban J connectivity index is 2.06. The maximum Gasteiger partial charge on any atom is 0.0464 e. The summed E-state index contributed by atoms with van der Waals surface area (Å²) < 4.78 is 0. The molecule has 3 aromatic carbocycles. The molecule has 1 N–H and O–H groups in total. The van der Waals surface area contributed by atoms with Gasteiger partial charge in [0.2, 0.25) is 0 Å². The molecule has 4 rings (SSSR count). The summed E-state index contributed by atoms with van der Waals surface area (Å²) in [6.45, 7) is 2.32. The maximum absolute atomic E-state index is 3.57. The van der Waals surface area contributed by atoms with Crippen LogP contribution in [-0.4, -0.2) is 0 Å². The smallest absolute Gasteiger partial charge is 0.0464 e. The van der Waals surface area contributed by atoms with E-state index in [9.17, 15) is 0 Å². The van der Waals surface area contributed by atoms with Crippen molar-refractivity contribution in [3.05, 3.63) is 95.6 Å². The summed E-state index contributed by atoms with van der Waals surface area (Å²) in [5.74, 6) is 0. The first kappa shape index (κ1) is 12.2. The molecule has 0 saturated carbocycles. The lowest BCUT2D eigenvalue weighted by atomic mass is 9.68. The van der Waals surface area contributed by atoms with Gasteiger partial charge in [0.1, 0.15) is 0 Å². The van der Waals surface area contributed by atoms with E-state index in [1.807, 2.05) is 0 Å². The van der Waals surface area contributed by atoms with E-state index in [0.717, 1.165) is 0 Å². The molecule has 3 aromatic rings. The first-order chi connectivity index (χ1) is 10.3. The van der Waals surface area contributed by atoms with Crippen LogP contribution in [0.2, 0.25) is 0 Å². The minimum atomic E-state index is -0.125. The van der Waals surface area contributed by atoms with Crippen LogP contribution < -0.4 is 5.32 Å². The molecule has 0 unspecified atom stereocenters. The van der Waals surface area contributed by atoms with Crippen LogP contribution in [0, 0.1) is 0 Å². The predicted molar refractivity (Wildman–Crippen MR) is 88.2 cm³/mol. The number of hydrogen-bond acceptors (Lipinski definition) is 1. The van der Waals surface area contributed by atoms with Crippen molar-refractivity contribution in [3.63, 3.8) is 0 Å². The molecule has 0 radical (unpaired) electrons. The number of fused-ring (bicyclic) bond motifs is 2. The molecule has 1 aliphatic rings. The first-order valence-electron chi connectivity index (χ1n) is 7.32. The van der Waals surface area contributed by atoms with E-state index in [-0.39, 0.29) is 5.41 Å². The standard InChI is InChI=1S/C20H17N/c1-20(15-9-3-2-4-10-15)16-11-5-7-13-18(16)21-19-14-8-6-12-17(19)20/h2-14,21H,1H3. The van der Waals surface area contributed by atoms with Crippen molar-refractivity contribution >= 4 is 11.4 Å². The van der Waals surface area contributed by atoms with E-state index in [4.69, 9.17) is 0 Å². The molecule has 0 spiro atoms. The average molecular weight is 271 g/mol. The van der Waals surface area contributed by atoms with Gasteiger partial charge in [0.15, 0.2) is 0 Å². The number of benzene rings is 3. The molecule has 0 fully saturated rings. The van der Waals surface area contributed by atoms with Crippen LogP contribution in [0.1, 0.15) is 23.6 Å². The summed E-state index contributed by atoms with van der Waals surface area (Å²) in [5, 5.41) is 3.57. The number of hydrogen-bond donors (Lipinski definition) is 1. The van der Waals surface area contributed by atoms with E-state index in [2.05, 4.69) is 91.1 Å². The highest BCUT2D eigenvalue weighted by atomic mass is 14.9. The van der Waals surface area contributed by atoms with E-state index >= 15 is 0 Å². The molecule has 0 aromatic heterocycles. The highest BCUT2D eigenvalue weighted by Gasteiger charge is 2.37. The van der Waals surface area contributed by atoms with Crippen LogP contribution in [-0.2, 0) is 5.41 Å². The Labute approximate surface area is 125 Å². The monoisotopic (exact) mass is 271 g/mol. The van der Waals surface area contributed by atoms with Gasteiger partial charge in [0.05, 0.1) is 0 Å². The zero-order valence-electron chi connectivity index (χ0n) is 12.0. The number of para-hydroxylation sites is 2. The van der Waals surface area contributed by atoms with Crippen LogP contribution >= 0.6 is 0 Å². The molecule has 1 aliphatic heterocycles. The fourth-order valence-electron chi connectivity index (χ4n) is 3.43. The van der Waals surface area contributed by atoms with Crippen molar-refractivity contribution in [1.82, 2.24) is 0 Å². The van der Waals surface area contributed by atoms with Crippen molar-refractivity contribution in [2.45, 2.75) is 12.3 Å². The zero-order valence-corrected chi connectivity index (χ0v) is 12.0. The molecule has 0 atom stereocenters. The number of anilines is 2. The Morgan fingerprint density at radius 1 is 0.619 bits per heavy atom. The van der Waals surface area contributed by atoms with Crippen molar-refractivity contribution in [2.24, 2.45) is 0 Å². The SMILES string of the molecule is CC1(c2ccccc2)c2ccccc2Nc2ccccc21. The lowest BCUT2D eigenvalue weighted by Gasteiger charge is -2.39. The highest BCUT2D eigenvalue weighted by Crippen LogP contribution is 2.48. The van der Waals surface area contributed by atoms with Crippen molar-refractivity contribution in [2.75, 3.05) is 5.32 Å². The van der Waals surface area contributed by atoms with Gasteiger partial charge in [-0.25, -0.2) is 0 Å². The molecular weight excluding hydrogens is 254 g/mol. The van der Waals surface area contributed by atoms with Crippen molar-refractivity contribution < 1.29 is 0 Å². The largest absolute Gasteiger partial charge is 0.355 e. The van der Waals surface area contributed by atoms with Crippen LogP contribution in [0.5, 0.6) is 0 Å². The third-order valence-electron chi connectivity index (χ3n) is 4.55. The first-order valence-corrected chi connectivity index (χ1v) is 7.32. The average Bonchev–Trinajstić information content (AvgIpc) is 2.56. The molecule has 0 saturated heterocycles. The molecule has 1 heterocycles. The molecule has 0 amide bonds. The van der Waals surface area contributed by atoms with Crippen LogP contribution in [0.15, 0.2) is 78.9 Å². The third kappa shape index (κ3) is 1.71. The van der Waals surface area contributed by atoms with Gasteiger partial charge >= 0.3 is 0 Å². The lowest BCUT2D eigenvalue weighted by molar-refractivity contribution is 0.689. The normalized spacial score (nSPS) is 14.7. The highest BCUT2D eigenvalue weighted by molar-refractivity contribution is 5.78. The topological polar surface area (TPSA) is 12.0 Å². The molecule has 0 bridgehead atoms. The third-order valence-corrected chi connectivity index (χ3v) is 4.55. The second-order valence-electron chi connectivity index (χ2n) is 5.71. The summed E-state index contributed by atoms with van der Waals surface area (Å²) >= 11 is 0. The second kappa shape index (κ2) is 4.49. The minimum absolute atomic E-state index is 0.125.